The second-order valence-corrected chi connectivity index (χ2v) is 4.32. The van der Waals surface area contributed by atoms with Crippen LogP contribution < -0.4 is 0 Å². The van der Waals surface area contributed by atoms with Crippen molar-refractivity contribution in [2.75, 3.05) is 18.8 Å². The predicted octanol–water partition coefficient (Wildman–Crippen LogP) is 0.0223. The summed E-state index contributed by atoms with van der Waals surface area (Å²) in [4.78, 5) is 27.8. The summed E-state index contributed by atoms with van der Waals surface area (Å²) < 4.78 is 0. The third-order valence-corrected chi connectivity index (χ3v) is 3.27. The number of aliphatic carboxylic acids is 1. The number of carboxylic acid groups (broad SMARTS) is 1. The van der Waals surface area contributed by atoms with Crippen LogP contribution in [0.15, 0.2) is 4.99 Å². The van der Waals surface area contributed by atoms with E-state index in [1.165, 1.54) is 16.7 Å². The van der Waals surface area contributed by atoms with Crippen LogP contribution in [0.25, 0.3) is 0 Å². The van der Waals surface area contributed by atoms with Gasteiger partial charge in [-0.1, -0.05) is 11.8 Å². The number of likely N-dealkylation sites (tertiary alicyclic amines) is 1. The van der Waals surface area contributed by atoms with Gasteiger partial charge >= 0.3 is 5.97 Å². The molecule has 0 aromatic rings. The Morgan fingerprint density at radius 2 is 2.43 bits per heavy atom. The van der Waals surface area contributed by atoms with E-state index in [2.05, 4.69) is 4.99 Å². The first kappa shape index (κ1) is 9.51. The highest BCUT2D eigenvalue weighted by Gasteiger charge is 2.37. The van der Waals surface area contributed by atoms with Crippen molar-refractivity contribution in [3.63, 3.8) is 0 Å². The van der Waals surface area contributed by atoms with E-state index in [9.17, 15) is 9.59 Å². The van der Waals surface area contributed by atoms with Gasteiger partial charge < -0.3 is 5.11 Å². The van der Waals surface area contributed by atoms with Gasteiger partial charge in [-0.05, 0) is 0 Å². The fraction of sp³-hybridized carbons (Fsp3) is 0.625. The molecule has 0 radical (unpaired) electrons. The zero-order chi connectivity index (χ0) is 10.1. The number of carbonyl (C=O) groups excluding carboxylic acids is 1. The molecule has 5 nitrogen and oxygen atoms in total. The van der Waals surface area contributed by atoms with Crippen LogP contribution in [0.2, 0.25) is 0 Å². The summed E-state index contributed by atoms with van der Waals surface area (Å²) in [7, 11) is 0. The number of hydrogen-bond acceptors (Lipinski definition) is 4. The maximum Gasteiger partial charge on any atom is 0.308 e. The van der Waals surface area contributed by atoms with Crippen molar-refractivity contribution in [3.05, 3.63) is 0 Å². The number of nitrogens with zero attached hydrogens (tertiary/aromatic N) is 2. The lowest BCUT2D eigenvalue weighted by Gasteiger charge is -2.13. The van der Waals surface area contributed by atoms with E-state index >= 15 is 0 Å². The average molecular weight is 214 g/mol. The SMILES string of the molecule is O=C(O)C1CC(=O)N(C2=NCCS2)C1. The lowest BCUT2D eigenvalue weighted by atomic mass is 10.1. The summed E-state index contributed by atoms with van der Waals surface area (Å²) in [6.45, 7) is 1.00. The molecule has 0 bridgehead atoms. The molecule has 14 heavy (non-hydrogen) atoms. The Morgan fingerprint density at radius 1 is 1.64 bits per heavy atom. The molecule has 1 saturated heterocycles. The van der Waals surface area contributed by atoms with Crippen LogP contribution in [0.3, 0.4) is 0 Å². The molecule has 1 amide bonds. The Kier molecular flexibility index (Phi) is 2.45. The lowest BCUT2D eigenvalue weighted by Crippen LogP contribution is -2.30. The van der Waals surface area contributed by atoms with Gasteiger partial charge in [0, 0.05) is 18.7 Å². The molecule has 0 spiro atoms. The molecule has 2 rings (SSSR count). The van der Waals surface area contributed by atoms with E-state index in [0.29, 0.717) is 5.17 Å². The number of carboxylic acids is 1. The van der Waals surface area contributed by atoms with Gasteiger partial charge in [-0.3, -0.25) is 19.5 Å². The van der Waals surface area contributed by atoms with E-state index < -0.39 is 11.9 Å². The topological polar surface area (TPSA) is 70.0 Å². The second kappa shape index (κ2) is 3.61. The van der Waals surface area contributed by atoms with Crippen LogP contribution in [0, 0.1) is 5.92 Å². The maximum absolute atomic E-state index is 11.4. The van der Waals surface area contributed by atoms with Crippen molar-refractivity contribution in [1.29, 1.82) is 0 Å². The molecule has 0 aromatic carbocycles. The molecule has 2 heterocycles. The van der Waals surface area contributed by atoms with E-state index in [1.54, 1.807) is 0 Å². The summed E-state index contributed by atoms with van der Waals surface area (Å²) in [5, 5.41) is 9.46. The highest BCUT2D eigenvalue weighted by molar-refractivity contribution is 8.14. The molecule has 76 valence electrons. The molecule has 2 aliphatic heterocycles. The molecule has 1 atom stereocenters. The molecule has 1 N–H and O–H groups in total. The number of amidine groups is 1. The van der Waals surface area contributed by atoms with E-state index in [4.69, 9.17) is 5.11 Å². The second-order valence-electron chi connectivity index (χ2n) is 3.26. The van der Waals surface area contributed by atoms with Crippen LogP contribution in [-0.4, -0.2) is 45.9 Å². The first-order valence-corrected chi connectivity index (χ1v) is 5.37. The largest absolute Gasteiger partial charge is 0.481 e. The normalized spacial score (nSPS) is 26.9. The molecule has 1 fully saturated rings. The lowest BCUT2D eigenvalue weighted by molar-refractivity contribution is -0.141. The highest BCUT2D eigenvalue weighted by atomic mass is 32.2. The third-order valence-electron chi connectivity index (χ3n) is 2.27. The van der Waals surface area contributed by atoms with Crippen molar-refractivity contribution in [2.45, 2.75) is 6.42 Å². The Bertz CT molecular complexity index is 316. The molecule has 2 aliphatic rings. The molecular weight excluding hydrogens is 204 g/mol. The van der Waals surface area contributed by atoms with Crippen molar-refractivity contribution in [1.82, 2.24) is 4.90 Å². The first-order valence-electron chi connectivity index (χ1n) is 4.39. The summed E-state index contributed by atoms with van der Waals surface area (Å²) in [6, 6.07) is 0. The zero-order valence-electron chi connectivity index (χ0n) is 7.47. The summed E-state index contributed by atoms with van der Waals surface area (Å²) in [5.74, 6) is -0.696. The van der Waals surface area contributed by atoms with Gasteiger partial charge in [0.1, 0.15) is 0 Å². The molecular formula is C8H10N2O3S. The summed E-state index contributed by atoms with van der Waals surface area (Å²) in [6.07, 6.45) is 0.106. The van der Waals surface area contributed by atoms with Gasteiger partial charge in [0.05, 0.1) is 12.5 Å². The van der Waals surface area contributed by atoms with Crippen molar-refractivity contribution < 1.29 is 14.7 Å². The van der Waals surface area contributed by atoms with Crippen LogP contribution >= 0.6 is 11.8 Å². The number of hydrogen-bond donors (Lipinski definition) is 1. The Balaban J connectivity index is 2.07. The van der Waals surface area contributed by atoms with Crippen LogP contribution in [0.5, 0.6) is 0 Å². The number of thioether (sulfide) groups is 1. The Hall–Kier alpha value is -1.04. The number of rotatable bonds is 1. The van der Waals surface area contributed by atoms with E-state index in [0.717, 1.165) is 12.3 Å². The smallest absolute Gasteiger partial charge is 0.308 e. The number of aliphatic imine (C=N–C) groups is 1. The van der Waals surface area contributed by atoms with Crippen LogP contribution in [0.4, 0.5) is 0 Å². The quantitative estimate of drug-likeness (QED) is 0.668. The van der Waals surface area contributed by atoms with Crippen LogP contribution in [0.1, 0.15) is 6.42 Å². The molecule has 0 aromatic heterocycles. The summed E-state index contributed by atoms with van der Waals surface area (Å²) >= 11 is 1.52. The van der Waals surface area contributed by atoms with E-state index in [-0.39, 0.29) is 18.9 Å². The molecule has 1 unspecified atom stereocenters. The predicted molar refractivity (Wildman–Crippen MR) is 52.2 cm³/mol. The maximum atomic E-state index is 11.4. The monoisotopic (exact) mass is 214 g/mol. The fourth-order valence-corrected chi connectivity index (χ4v) is 2.42. The van der Waals surface area contributed by atoms with Crippen LogP contribution in [-0.2, 0) is 9.59 Å². The fourth-order valence-electron chi connectivity index (χ4n) is 1.55. The van der Waals surface area contributed by atoms with Crippen molar-refractivity contribution in [2.24, 2.45) is 10.9 Å². The molecule has 0 saturated carbocycles. The minimum atomic E-state index is -0.899. The highest BCUT2D eigenvalue weighted by Crippen LogP contribution is 2.24. The Labute approximate surface area is 85.2 Å². The van der Waals surface area contributed by atoms with Crippen molar-refractivity contribution >= 4 is 28.8 Å². The van der Waals surface area contributed by atoms with Crippen molar-refractivity contribution in [3.8, 4) is 0 Å². The zero-order valence-corrected chi connectivity index (χ0v) is 8.29. The van der Waals surface area contributed by atoms with E-state index in [1.807, 2.05) is 0 Å². The third kappa shape index (κ3) is 1.61. The first-order chi connectivity index (χ1) is 6.68. The molecule has 0 aliphatic carbocycles. The van der Waals surface area contributed by atoms with Gasteiger partial charge in [-0.25, -0.2) is 0 Å². The van der Waals surface area contributed by atoms with Gasteiger partial charge in [0.25, 0.3) is 0 Å². The average Bonchev–Trinajstić information content (AvgIpc) is 2.71. The standard InChI is InChI=1S/C8H10N2O3S/c11-6-3-5(7(12)13)4-10(6)8-9-1-2-14-8/h5H,1-4H2,(H,12,13). The summed E-state index contributed by atoms with van der Waals surface area (Å²) in [5.41, 5.74) is 0. The number of carbonyl (C=O) groups is 2. The molecule has 6 heteroatoms. The minimum absolute atomic E-state index is 0.106. The Morgan fingerprint density at radius 3 is 2.93 bits per heavy atom. The van der Waals surface area contributed by atoms with Gasteiger partial charge in [0.2, 0.25) is 5.91 Å². The van der Waals surface area contributed by atoms with Gasteiger partial charge in [-0.15, -0.1) is 0 Å². The minimum Gasteiger partial charge on any atom is -0.481 e. The van der Waals surface area contributed by atoms with Gasteiger partial charge in [-0.2, -0.15) is 0 Å². The van der Waals surface area contributed by atoms with Gasteiger partial charge in [0.15, 0.2) is 5.17 Å². The number of amides is 1.